The molecule has 0 unspecified atom stereocenters. The zero-order valence-electron chi connectivity index (χ0n) is 14.5. The maximum Gasteiger partial charge on any atom is 0.231 e. The van der Waals surface area contributed by atoms with Gasteiger partial charge in [0.2, 0.25) is 11.8 Å². The van der Waals surface area contributed by atoms with Crippen LogP contribution in [0.1, 0.15) is 37.0 Å². The number of carbonyl (C=O) groups excluding carboxylic acids is 2. The van der Waals surface area contributed by atoms with Gasteiger partial charge in [0.05, 0.1) is 11.0 Å². The van der Waals surface area contributed by atoms with Crippen LogP contribution in [-0.4, -0.2) is 39.3 Å². The molecule has 0 aliphatic heterocycles. The molecular formula is C18H21N5O2. The van der Waals surface area contributed by atoms with Crippen LogP contribution in [0.3, 0.4) is 0 Å². The molecule has 7 heteroatoms. The van der Waals surface area contributed by atoms with Crippen LogP contribution in [0.15, 0.2) is 24.5 Å². The van der Waals surface area contributed by atoms with Crippen molar-refractivity contribution >= 4 is 28.8 Å². The highest BCUT2D eigenvalue weighted by Gasteiger charge is 2.19. The number of nitrogens with two attached hydrogens (primary N) is 1. The molecule has 0 aliphatic carbocycles. The van der Waals surface area contributed by atoms with Gasteiger partial charge in [0.25, 0.3) is 0 Å². The molecule has 2 aromatic heterocycles. The Bertz CT molecular complexity index is 888. The van der Waals surface area contributed by atoms with Crippen LogP contribution in [0.2, 0.25) is 0 Å². The van der Waals surface area contributed by atoms with Crippen molar-refractivity contribution in [2.24, 2.45) is 11.7 Å². The van der Waals surface area contributed by atoms with Gasteiger partial charge in [-0.1, -0.05) is 12.8 Å². The number of hydrogen-bond acceptors (Lipinski definition) is 4. The van der Waals surface area contributed by atoms with E-state index in [1.165, 1.54) is 7.05 Å². The number of amides is 1. The first kappa shape index (κ1) is 18.2. The largest absolute Gasteiger partial charge is 0.370 e. The fourth-order valence-electron chi connectivity index (χ4n) is 2.48. The van der Waals surface area contributed by atoms with E-state index < -0.39 is 0 Å². The third-order valence-electron chi connectivity index (χ3n) is 3.86. The lowest BCUT2D eigenvalue weighted by Gasteiger charge is -2.17. The van der Waals surface area contributed by atoms with Crippen molar-refractivity contribution in [3.63, 3.8) is 0 Å². The Balaban J connectivity index is 2.13. The number of rotatable bonds is 4. The molecule has 25 heavy (non-hydrogen) atoms. The Morgan fingerprint density at radius 2 is 2.16 bits per heavy atom. The Hall–Kier alpha value is -3.14. The van der Waals surface area contributed by atoms with Gasteiger partial charge in [-0.15, -0.1) is 5.92 Å². The summed E-state index contributed by atoms with van der Waals surface area (Å²) in [7, 11) is 1.45. The zero-order valence-corrected chi connectivity index (χ0v) is 14.5. The van der Waals surface area contributed by atoms with E-state index in [0.29, 0.717) is 5.52 Å². The Labute approximate surface area is 146 Å². The van der Waals surface area contributed by atoms with Gasteiger partial charge >= 0.3 is 0 Å². The second kappa shape index (κ2) is 7.62. The fourth-order valence-corrected chi connectivity index (χ4v) is 2.48. The summed E-state index contributed by atoms with van der Waals surface area (Å²) in [6, 6.07) is 3.60. The van der Waals surface area contributed by atoms with Crippen LogP contribution < -0.4 is 5.73 Å². The SMILES string of the molecule is CC#Cc1cnc2ccn(C(=O)C[C@H](C)CC(=O)N(C)C(=N)N)c2c1. The van der Waals surface area contributed by atoms with Crippen molar-refractivity contribution in [2.75, 3.05) is 7.05 Å². The summed E-state index contributed by atoms with van der Waals surface area (Å²) < 4.78 is 1.54. The molecule has 2 heterocycles. The lowest BCUT2D eigenvalue weighted by atomic mass is 10.0. The van der Waals surface area contributed by atoms with Gasteiger partial charge in [-0.3, -0.25) is 29.4 Å². The van der Waals surface area contributed by atoms with Gasteiger partial charge in [0.1, 0.15) is 0 Å². The third-order valence-corrected chi connectivity index (χ3v) is 3.86. The Morgan fingerprint density at radius 1 is 1.44 bits per heavy atom. The number of hydrogen-bond donors (Lipinski definition) is 2. The predicted molar refractivity (Wildman–Crippen MR) is 96.0 cm³/mol. The van der Waals surface area contributed by atoms with E-state index >= 15 is 0 Å². The minimum atomic E-state index is -0.310. The quantitative estimate of drug-likeness (QED) is 0.503. The van der Waals surface area contributed by atoms with Crippen LogP contribution in [0.5, 0.6) is 0 Å². The van der Waals surface area contributed by atoms with E-state index in [-0.39, 0.29) is 36.5 Å². The normalized spacial score (nSPS) is 11.5. The number of carbonyl (C=O) groups is 2. The van der Waals surface area contributed by atoms with Gasteiger partial charge in [0.15, 0.2) is 5.96 Å². The van der Waals surface area contributed by atoms with E-state index in [1.807, 2.05) is 13.0 Å². The summed E-state index contributed by atoms with van der Waals surface area (Å²) >= 11 is 0. The average Bonchev–Trinajstić information content (AvgIpc) is 2.97. The van der Waals surface area contributed by atoms with Gasteiger partial charge in [-0.2, -0.15) is 0 Å². The molecule has 1 amide bonds. The van der Waals surface area contributed by atoms with E-state index in [1.54, 1.807) is 30.0 Å². The van der Waals surface area contributed by atoms with Crippen molar-refractivity contribution in [1.82, 2.24) is 14.5 Å². The van der Waals surface area contributed by atoms with Gasteiger partial charge in [0, 0.05) is 37.8 Å². The first-order valence-electron chi connectivity index (χ1n) is 7.87. The molecule has 2 rings (SSSR count). The van der Waals surface area contributed by atoms with Crippen LogP contribution >= 0.6 is 0 Å². The Kier molecular flexibility index (Phi) is 5.55. The molecule has 1 atom stereocenters. The van der Waals surface area contributed by atoms with Crippen molar-refractivity contribution in [1.29, 1.82) is 5.41 Å². The summed E-state index contributed by atoms with van der Waals surface area (Å²) in [6.45, 7) is 3.56. The minimum Gasteiger partial charge on any atom is -0.370 e. The van der Waals surface area contributed by atoms with E-state index in [0.717, 1.165) is 16.0 Å². The zero-order chi connectivity index (χ0) is 18.6. The summed E-state index contributed by atoms with van der Waals surface area (Å²) in [4.78, 5) is 29.9. The number of aromatic nitrogens is 2. The summed E-state index contributed by atoms with van der Waals surface area (Å²) in [5, 5.41) is 7.27. The van der Waals surface area contributed by atoms with E-state index in [2.05, 4.69) is 16.8 Å². The van der Waals surface area contributed by atoms with E-state index in [4.69, 9.17) is 11.1 Å². The number of guanidine groups is 1. The second-order valence-corrected chi connectivity index (χ2v) is 5.93. The number of nitrogens with zero attached hydrogens (tertiary/aromatic N) is 3. The molecule has 0 aliphatic rings. The predicted octanol–water partition coefficient (Wildman–Crippen LogP) is 1.82. The lowest BCUT2D eigenvalue weighted by Crippen LogP contribution is -2.38. The molecule has 0 saturated heterocycles. The molecule has 0 aromatic carbocycles. The van der Waals surface area contributed by atoms with Crippen molar-refractivity contribution < 1.29 is 9.59 Å². The highest BCUT2D eigenvalue weighted by atomic mass is 16.2. The number of pyridine rings is 1. The lowest BCUT2D eigenvalue weighted by molar-refractivity contribution is -0.127. The molecule has 7 nitrogen and oxygen atoms in total. The molecule has 0 radical (unpaired) electrons. The first-order valence-corrected chi connectivity index (χ1v) is 7.87. The number of nitrogens with one attached hydrogen (secondary N) is 1. The maximum absolute atomic E-state index is 12.6. The van der Waals surface area contributed by atoms with Crippen LogP contribution in [-0.2, 0) is 4.79 Å². The van der Waals surface area contributed by atoms with Crippen molar-refractivity contribution in [3.05, 3.63) is 30.1 Å². The molecule has 0 fully saturated rings. The number of fused-ring (bicyclic) bond motifs is 1. The van der Waals surface area contributed by atoms with Crippen molar-refractivity contribution in [2.45, 2.75) is 26.7 Å². The average molecular weight is 339 g/mol. The van der Waals surface area contributed by atoms with Crippen LogP contribution in [0.4, 0.5) is 0 Å². The highest BCUT2D eigenvalue weighted by molar-refractivity contribution is 5.95. The van der Waals surface area contributed by atoms with Gasteiger partial charge in [-0.05, 0) is 25.0 Å². The first-order chi connectivity index (χ1) is 11.8. The van der Waals surface area contributed by atoms with E-state index in [9.17, 15) is 9.59 Å². The molecule has 0 spiro atoms. The molecular weight excluding hydrogens is 318 g/mol. The molecule has 3 N–H and O–H groups in total. The monoisotopic (exact) mass is 339 g/mol. The van der Waals surface area contributed by atoms with Crippen molar-refractivity contribution in [3.8, 4) is 11.8 Å². The van der Waals surface area contributed by atoms with Crippen LogP contribution in [0, 0.1) is 23.2 Å². The molecule has 0 bridgehead atoms. The summed E-state index contributed by atoms with van der Waals surface area (Å²) in [5.41, 5.74) is 7.45. The van der Waals surface area contributed by atoms with Gasteiger partial charge < -0.3 is 5.73 Å². The maximum atomic E-state index is 12.6. The molecule has 2 aromatic rings. The smallest absolute Gasteiger partial charge is 0.231 e. The highest BCUT2D eigenvalue weighted by Crippen LogP contribution is 2.18. The van der Waals surface area contributed by atoms with Crippen LogP contribution in [0.25, 0.3) is 11.0 Å². The topological polar surface area (TPSA) is 105 Å². The molecule has 130 valence electrons. The summed E-state index contributed by atoms with van der Waals surface area (Å²) in [6.07, 6.45) is 3.70. The molecule has 0 saturated carbocycles. The minimum absolute atomic E-state index is 0.121. The summed E-state index contributed by atoms with van der Waals surface area (Å²) in [5.74, 6) is 4.84. The van der Waals surface area contributed by atoms with Gasteiger partial charge in [-0.25, -0.2) is 0 Å². The standard InChI is InChI=1S/C18H21N5O2/c1-4-5-13-10-15-14(21-11-13)6-7-23(15)17(25)9-12(2)8-16(24)22(3)18(19)20/h6-7,10-12H,8-9H2,1-3H3,(H3,19,20)/t12-/m1/s1. The third kappa shape index (κ3) is 4.23. The fraction of sp³-hybridized carbons (Fsp3) is 0.333. The second-order valence-electron chi connectivity index (χ2n) is 5.93. The Morgan fingerprint density at radius 3 is 2.80 bits per heavy atom.